The highest BCUT2D eigenvalue weighted by Crippen LogP contribution is 2.08. The van der Waals surface area contributed by atoms with Gasteiger partial charge in [-0.25, -0.2) is 4.98 Å². The minimum Gasteiger partial charge on any atom is -0.373 e. The maximum Gasteiger partial charge on any atom is 0.251 e. The summed E-state index contributed by atoms with van der Waals surface area (Å²) < 4.78 is 0. The van der Waals surface area contributed by atoms with Crippen molar-refractivity contribution in [3.8, 4) is 0 Å². The Bertz CT molecular complexity index is 407. The summed E-state index contributed by atoms with van der Waals surface area (Å²) in [5, 5.41) is 5.90. The van der Waals surface area contributed by atoms with E-state index in [0.717, 1.165) is 18.8 Å². The van der Waals surface area contributed by atoms with E-state index in [2.05, 4.69) is 22.5 Å². The van der Waals surface area contributed by atoms with E-state index < -0.39 is 0 Å². The number of hydrogen-bond acceptors (Lipinski definition) is 3. The predicted octanol–water partition coefficient (Wildman–Crippen LogP) is 3.99. The number of hydrogen-bond donors (Lipinski definition) is 2. The van der Waals surface area contributed by atoms with Gasteiger partial charge < -0.3 is 10.6 Å². The van der Waals surface area contributed by atoms with Crippen LogP contribution < -0.4 is 10.6 Å². The molecule has 2 N–H and O–H groups in total. The molecule has 0 saturated carbocycles. The molecule has 4 heteroatoms. The number of carbonyl (C=O) groups is 1. The summed E-state index contributed by atoms with van der Waals surface area (Å²) in [4.78, 5) is 16.1. The Hall–Kier alpha value is -1.58. The fourth-order valence-electron chi connectivity index (χ4n) is 2.27. The molecule has 0 unspecified atom stereocenters. The van der Waals surface area contributed by atoms with Crippen LogP contribution in [0.15, 0.2) is 18.3 Å². The van der Waals surface area contributed by atoms with Gasteiger partial charge >= 0.3 is 0 Å². The molecule has 1 aromatic heterocycles. The third kappa shape index (κ3) is 7.69. The second-order valence-electron chi connectivity index (χ2n) is 5.41. The van der Waals surface area contributed by atoms with Crippen LogP contribution in [-0.4, -0.2) is 24.5 Å². The summed E-state index contributed by atoms with van der Waals surface area (Å²) >= 11 is 0. The van der Waals surface area contributed by atoms with Gasteiger partial charge in [0.2, 0.25) is 0 Å². The predicted molar refractivity (Wildman–Crippen MR) is 88.7 cm³/mol. The van der Waals surface area contributed by atoms with Gasteiger partial charge in [0.15, 0.2) is 0 Å². The van der Waals surface area contributed by atoms with Gasteiger partial charge in [0.25, 0.3) is 5.91 Å². The number of amides is 1. The average molecular weight is 291 g/mol. The van der Waals surface area contributed by atoms with Crippen LogP contribution in [-0.2, 0) is 0 Å². The second kappa shape index (κ2) is 11.1. The van der Waals surface area contributed by atoms with E-state index in [9.17, 15) is 4.79 Å². The molecule has 1 rings (SSSR count). The van der Waals surface area contributed by atoms with Crippen LogP contribution in [0.3, 0.4) is 0 Å². The molecule has 0 spiro atoms. The van der Waals surface area contributed by atoms with E-state index in [1.54, 1.807) is 25.4 Å². The quantitative estimate of drug-likeness (QED) is 0.606. The zero-order chi connectivity index (χ0) is 15.3. The van der Waals surface area contributed by atoms with Crippen molar-refractivity contribution < 1.29 is 4.79 Å². The van der Waals surface area contributed by atoms with Crippen molar-refractivity contribution >= 4 is 11.7 Å². The third-order valence-corrected chi connectivity index (χ3v) is 3.59. The maximum atomic E-state index is 12.0. The van der Waals surface area contributed by atoms with Crippen molar-refractivity contribution in [2.24, 2.45) is 0 Å². The van der Waals surface area contributed by atoms with Crippen molar-refractivity contribution in [3.63, 3.8) is 0 Å². The van der Waals surface area contributed by atoms with E-state index in [-0.39, 0.29) is 5.91 Å². The summed E-state index contributed by atoms with van der Waals surface area (Å²) in [7, 11) is 1.80. The standard InChI is InChI=1S/C17H29N3O/c1-3-4-5-6-7-8-9-10-12-20-17(21)15-11-13-19-16(14-15)18-2/h11,13-14H,3-10,12H2,1-2H3,(H,18,19)(H,20,21). The zero-order valence-electron chi connectivity index (χ0n) is 13.5. The van der Waals surface area contributed by atoms with E-state index in [1.807, 2.05) is 0 Å². The molecule has 0 aromatic carbocycles. The summed E-state index contributed by atoms with van der Waals surface area (Å²) in [6.07, 6.45) is 11.9. The zero-order valence-corrected chi connectivity index (χ0v) is 13.5. The molecule has 0 aliphatic carbocycles. The van der Waals surface area contributed by atoms with Gasteiger partial charge in [0.05, 0.1) is 0 Å². The van der Waals surface area contributed by atoms with Crippen LogP contribution in [0.25, 0.3) is 0 Å². The van der Waals surface area contributed by atoms with Crippen LogP contribution in [0, 0.1) is 0 Å². The highest BCUT2D eigenvalue weighted by Gasteiger charge is 2.05. The van der Waals surface area contributed by atoms with Crippen LogP contribution in [0.4, 0.5) is 5.82 Å². The maximum absolute atomic E-state index is 12.0. The van der Waals surface area contributed by atoms with Crippen LogP contribution in [0.2, 0.25) is 0 Å². The van der Waals surface area contributed by atoms with Gasteiger partial charge in [-0.1, -0.05) is 51.9 Å². The molecular weight excluding hydrogens is 262 g/mol. The molecule has 0 fully saturated rings. The minimum atomic E-state index is -0.0168. The van der Waals surface area contributed by atoms with Crippen molar-refractivity contribution in [3.05, 3.63) is 23.9 Å². The highest BCUT2D eigenvalue weighted by atomic mass is 16.1. The molecule has 118 valence electrons. The number of anilines is 1. The Morgan fingerprint density at radius 1 is 1.10 bits per heavy atom. The van der Waals surface area contributed by atoms with Crippen molar-refractivity contribution in [2.75, 3.05) is 18.9 Å². The summed E-state index contributed by atoms with van der Waals surface area (Å²) in [6, 6.07) is 3.51. The van der Waals surface area contributed by atoms with Gasteiger partial charge in [0, 0.05) is 25.4 Å². The Morgan fingerprint density at radius 2 is 1.76 bits per heavy atom. The Morgan fingerprint density at radius 3 is 2.43 bits per heavy atom. The minimum absolute atomic E-state index is 0.0168. The molecule has 0 bridgehead atoms. The lowest BCUT2D eigenvalue weighted by molar-refractivity contribution is 0.0953. The largest absolute Gasteiger partial charge is 0.373 e. The van der Waals surface area contributed by atoms with Gasteiger partial charge in [-0.3, -0.25) is 4.79 Å². The van der Waals surface area contributed by atoms with E-state index in [0.29, 0.717) is 5.56 Å². The Labute approximate surface area is 128 Å². The SMILES string of the molecule is CCCCCCCCCCNC(=O)c1ccnc(NC)c1. The molecule has 0 aliphatic rings. The van der Waals surface area contributed by atoms with Gasteiger partial charge in [-0.15, -0.1) is 0 Å². The van der Waals surface area contributed by atoms with Crippen molar-refractivity contribution in [2.45, 2.75) is 58.3 Å². The fraction of sp³-hybridized carbons (Fsp3) is 0.647. The fourth-order valence-corrected chi connectivity index (χ4v) is 2.27. The number of unbranched alkanes of at least 4 members (excludes halogenated alkanes) is 7. The van der Waals surface area contributed by atoms with Crippen LogP contribution in [0.5, 0.6) is 0 Å². The van der Waals surface area contributed by atoms with E-state index >= 15 is 0 Å². The first-order chi connectivity index (χ1) is 10.3. The average Bonchev–Trinajstić information content (AvgIpc) is 2.53. The first-order valence-corrected chi connectivity index (χ1v) is 8.20. The van der Waals surface area contributed by atoms with Gasteiger partial charge in [0.1, 0.15) is 5.82 Å². The summed E-state index contributed by atoms with van der Waals surface area (Å²) in [5.41, 5.74) is 0.661. The third-order valence-electron chi connectivity index (χ3n) is 3.59. The highest BCUT2D eigenvalue weighted by molar-refractivity contribution is 5.94. The number of pyridine rings is 1. The number of nitrogens with zero attached hydrogens (tertiary/aromatic N) is 1. The summed E-state index contributed by atoms with van der Waals surface area (Å²) in [5.74, 6) is 0.701. The molecule has 0 atom stereocenters. The molecule has 1 aromatic rings. The molecular formula is C17H29N3O. The Balaban J connectivity index is 2.08. The number of nitrogens with one attached hydrogen (secondary N) is 2. The smallest absolute Gasteiger partial charge is 0.251 e. The van der Waals surface area contributed by atoms with Gasteiger partial charge in [-0.05, 0) is 18.6 Å². The summed E-state index contributed by atoms with van der Waals surface area (Å²) in [6.45, 7) is 3.00. The number of aromatic nitrogens is 1. The molecule has 0 radical (unpaired) electrons. The molecule has 1 amide bonds. The number of rotatable bonds is 11. The second-order valence-corrected chi connectivity index (χ2v) is 5.41. The Kier molecular flexibility index (Phi) is 9.25. The monoisotopic (exact) mass is 291 g/mol. The lowest BCUT2D eigenvalue weighted by atomic mass is 10.1. The first kappa shape index (κ1) is 17.5. The van der Waals surface area contributed by atoms with Crippen LogP contribution >= 0.6 is 0 Å². The van der Waals surface area contributed by atoms with Crippen LogP contribution in [0.1, 0.15) is 68.6 Å². The van der Waals surface area contributed by atoms with Gasteiger partial charge in [-0.2, -0.15) is 0 Å². The first-order valence-electron chi connectivity index (χ1n) is 8.20. The molecule has 0 aliphatic heterocycles. The van der Waals surface area contributed by atoms with Crippen molar-refractivity contribution in [1.82, 2.24) is 10.3 Å². The number of carbonyl (C=O) groups excluding carboxylic acids is 1. The molecule has 0 saturated heterocycles. The topological polar surface area (TPSA) is 54.0 Å². The molecule has 21 heavy (non-hydrogen) atoms. The van der Waals surface area contributed by atoms with E-state index in [4.69, 9.17) is 0 Å². The van der Waals surface area contributed by atoms with E-state index in [1.165, 1.54) is 44.9 Å². The molecule has 4 nitrogen and oxygen atoms in total. The van der Waals surface area contributed by atoms with Crippen molar-refractivity contribution in [1.29, 1.82) is 0 Å². The lowest BCUT2D eigenvalue weighted by Gasteiger charge is -2.06. The lowest BCUT2D eigenvalue weighted by Crippen LogP contribution is -2.24. The molecule has 1 heterocycles. The normalized spacial score (nSPS) is 10.4.